The van der Waals surface area contributed by atoms with E-state index >= 15 is 0 Å². The first kappa shape index (κ1) is 11.2. The maximum absolute atomic E-state index is 13.0. The third-order valence-corrected chi connectivity index (χ3v) is 3.14. The molecule has 0 aliphatic rings. The van der Waals surface area contributed by atoms with E-state index in [4.69, 9.17) is 5.11 Å². The largest absolute Gasteiger partial charge is 0.481 e. The van der Waals surface area contributed by atoms with E-state index in [9.17, 15) is 16.6 Å². The highest BCUT2D eigenvalue weighted by atomic mass is 127. The lowest BCUT2D eigenvalue weighted by atomic mass is 10.1. The minimum Gasteiger partial charge on any atom is -0.481 e. The van der Waals surface area contributed by atoms with Gasteiger partial charge in [0.1, 0.15) is 11.6 Å². The quantitative estimate of drug-likeness (QED) is 0.686. The zero-order valence-electron chi connectivity index (χ0n) is 6.76. The van der Waals surface area contributed by atoms with Crippen LogP contribution >= 0.6 is 21.2 Å². The van der Waals surface area contributed by atoms with E-state index < -0.39 is 45.2 Å². The minimum atomic E-state index is -1.83. The number of halogens is 3. The van der Waals surface area contributed by atoms with Crippen LogP contribution in [0.5, 0.6) is 0 Å². The Morgan fingerprint density at radius 2 is 2.07 bits per heavy atom. The predicted molar refractivity (Wildman–Crippen MR) is 51.1 cm³/mol. The van der Waals surface area contributed by atoms with Gasteiger partial charge in [-0.1, -0.05) is 0 Å². The molecular formula is C8H5F2IO3. The summed E-state index contributed by atoms with van der Waals surface area (Å²) in [6.07, 6.45) is -0.522. The SMILES string of the molecule is O=Ic1c(F)cc(F)cc1CC(=O)O. The number of hydrogen-bond acceptors (Lipinski definition) is 2. The van der Waals surface area contributed by atoms with E-state index in [0.717, 1.165) is 6.07 Å². The molecule has 0 aliphatic heterocycles. The Morgan fingerprint density at radius 1 is 1.43 bits per heavy atom. The molecule has 6 heteroatoms. The summed E-state index contributed by atoms with van der Waals surface area (Å²) >= 11 is -1.83. The van der Waals surface area contributed by atoms with Gasteiger partial charge in [0.15, 0.2) is 21.2 Å². The Balaban J connectivity index is 3.24. The third-order valence-electron chi connectivity index (χ3n) is 1.49. The van der Waals surface area contributed by atoms with Crippen LogP contribution in [-0.2, 0) is 14.3 Å². The summed E-state index contributed by atoms with van der Waals surface area (Å²) in [4.78, 5) is 10.3. The highest BCUT2D eigenvalue weighted by molar-refractivity contribution is 14.1. The predicted octanol–water partition coefficient (Wildman–Crippen LogP) is 2.08. The van der Waals surface area contributed by atoms with Crippen molar-refractivity contribution in [3.8, 4) is 0 Å². The molecule has 0 spiro atoms. The van der Waals surface area contributed by atoms with E-state index in [-0.39, 0.29) is 9.13 Å². The number of carboxylic acid groups (broad SMARTS) is 1. The Labute approximate surface area is 88.4 Å². The van der Waals surface area contributed by atoms with Gasteiger partial charge in [0, 0.05) is 6.07 Å². The van der Waals surface area contributed by atoms with Gasteiger partial charge in [0.05, 0.1) is 9.99 Å². The van der Waals surface area contributed by atoms with Crippen LogP contribution in [0.1, 0.15) is 5.56 Å². The van der Waals surface area contributed by atoms with Gasteiger partial charge < -0.3 is 5.11 Å². The molecule has 0 saturated heterocycles. The summed E-state index contributed by atoms with van der Waals surface area (Å²) in [7, 11) is 0. The molecule has 0 atom stereocenters. The van der Waals surface area contributed by atoms with E-state index in [1.165, 1.54) is 0 Å². The second kappa shape index (κ2) is 4.54. The fourth-order valence-corrected chi connectivity index (χ4v) is 1.98. The van der Waals surface area contributed by atoms with Crippen LogP contribution in [0.2, 0.25) is 0 Å². The highest BCUT2D eigenvalue weighted by Crippen LogP contribution is 2.21. The molecule has 0 amide bonds. The Hall–Kier alpha value is -0.920. The molecule has 1 rings (SSSR count). The lowest BCUT2D eigenvalue weighted by molar-refractivity contribution is -0.136. The molecule has 3 nitrogen and oxygen atoms in total. The van der Waals surface area contributed by atoms with Crippen LogP contribution in [0.25, 0.3) is 0 Å². The van der Waals surface area contributed by atoms with Crippen LogP contribution in [0.4, 0.5) is 8.78 Å². The van der Waals surface area contributed by atoms with Gasteiger partial charge >= 0.3 is 5.97 Å². The molecule has 0 fully saturated rings. The number of aliphatic carboxylic acids is 1. The Kier molecular flexibility index (Phi) is 3.62. The number of carbonyl (C=O) groups is 1. The van der Waals surface area contributed by atoms with Crippen molar-refractivity contribution in [3.05, 3.63) is 32.9 Å². The van der Waals surface area contributed by atoms with Crippen LogP contribution in [0.3, 0.4) is 0 Å². The Morgan fingerprint density at radius 3 is 2.57 bits per heavy atom. The van der Waals surface area contributed by atoms with Crippen LogP contribution in [0, 0.1) is 15.2 Å². The number of carboxylic acids is 1. The fraction of sp³-hybridized carbons (Fsp3) is 0.125. The van der Waals surface area contributed by atoms with E-state index in [2.05, 4.69) is 0 Å². The van der Waals surface area contributed by atoms with Crippen LogP contribution in [0.15, 0.2) is 12.1 Å². The van der Waals surface area contributed by atoms with Gasteiger partial charge in [-0.05, 0) is 11.6 Å². The normalized spacial score (nSPS) is 10.1. The first-order valence-corrected chi connectivity index (χ1v) is 5.47. The second-order valence-electron chi connectivity index (χ2n) is 2.51. The zero-order valence-corrected chi connectivity index (χ0v) is 8.92. The van der Waals surface area contributed by atoms with Crippen molar-refractivity contribution < 1.29 is 21.8 Å². The van der Waals surface area contributed by atoms with Crippen molar-refractivity contribution in [2.75, 3.05) is 0 Å². The molecule has 1 N–H and O–H groups in total. The average molecular weight is 314 g/mol. The van der Waals surface area contributed by atoms with E-state index in [1.54, 1.807) is 0 Å². The topological polar surface area (TPSA) is 54.4 Å². The summed E-state index contributed by atoms with van der Waals surface area (Å²) in [5.74, 6) is -3.02. The molecule has 14 heavy (non-hydrogen) atoms. The number of hydrogen-bond donors (Lipinski definition) is 1. The molecule has 0 radical (unpaired) electrons. The van der Waals surface area contributed by atoms with Crippen LogP contribution < -0.4 is 0 Å². The van der Waals surface area contributed by atoms with Crippen molar-refractivity contribution in [1.82, 2.24) is 0 Å². The maximum atomic E-state index is 13.0. The lowest BCUT2D eigenvalue weighted by Gasteiger charge is -2.02. The van der Waals surface area contributed by atoms with E-state index in [0.29, 0.717) is 6.07 Å². The molecule has 0 aromatic heterocycles. The Bertz CT molecular complexity index is 392. The van der Waals surface area contributed by atoms with Crippen LogP contribution in [-0.4, -0.2) is 11.1 Å². The summed E-state index contributed by atoms with van der Waals surface area (Å²) in [6, 6.07) is 1.49. The molecule has 0 saturated carbocycles. The number of rotatable bonds is 3. The first-order valence-electron chi connectivity index (χ1n) is 3.51. The third kappa shape index (κ3) is 2.53. The molecule has 1 aromatic rings. The first-order chi connectivity index (χ1) is 6.54. The van der Waals surface area contributed by atoms with Gasteiger partial charge in [-0.2, -0.15) is 0 Å². The van der Waals surface area contributed by atoms with Gasteiger partial charge in [0.2, 0.25) is 0 Å². The average Bonchev–Trinajstić information content (AvgIpc) is 2.01. The maximum Gasteiger partial charge on any atom is 0.307 e. The lowest BCUT2D eigenvalue weighted by Crippen LogP contribution is -2.04. The fourth-order valence-electron chi connectivity index (χ4n) is 0.987. The van der Waals surface area contributed by atoms with Crippen molar-refractivity contribution in [2.45, 2.75) is 6.42 Å². The smallest absolute Gasteiger partial charge is 0.307 e. The molecule has 0 aliphatic carbocycles. The van der Waals surface area contributed by atoms with E-state index in [1.807, 2.05) is 0 Å². The molecule has 76 valence electrons. The standard InChI is InChI=1S/C8H5F2IO3/c9-5-1-4(2-7(12)13)8(11-14)6(10)3-5/h1,3H,2H2,(H,12,13). The molecular weight excluding hydrogens is 309 g/mol. The van der Waals surface area contributed by atoms with Crippen molar-refractivity contribution >= 4 is 27.2 Å². The molecule has 0 bridgehead atoms. The monoisotopic (exact) mass is 314 g/mol. The van der Waals surface area contributed by atoms with Crippen molar-refractivity contribution in [2.24, 2.45) is 0 Å². The number of benzene rings is 1. The van der Waals surface area contributed by atoms with Gasteiger partial charge in [-0.3, -0.25) is 7.86 Å². The van der Waals surface area contributed by atoms with Gasteiger partial charge in [-0.25, -0.2) is 8.78 Å². The highest BCUT2D eigenvalue weighted by Gasteiger charge is 2.13. The van der Waals surface area contributed by atoms with Crippen molar-refractivity contribution in [3.63, 3.8) is 0 Å². The molecule has 0 heterocycles. The molecule has 1 aromatic carbocycles. The summed E-state index contributed by atoms with van der Waals surface area (Å²) in [5, 5.41) is 8.43. The van der Waals surface area contributed by atoms with Gasteiger partial charge in [0.25, 0.3) is 0 Å². The minimum absolute atomic E-state index is 0.0576. The summed E-state index contributed by atoms with van der Waals surface area (Å²) in [6.45, 7) is 0. The van der Waals surface area contributed by atoms with Crippen molar-refractivity contribution in [1.29, 1.82) is 0 Å². The molecule has 0 unspecified atom stereocenters. The van der Waals surface area contributed by atoms with Gasteiger partial charge in [-0.15, -0.1) is 0 Å². The second-order valence-corrected chi connectivity index (χ2v) is 4.03. The summed E-state index contributed by atoms with van der Waals surface area (Å²) < 4.78 is 36.1. The summed E-state index contributed by atoms with van der Waals surface area (Å²) in [5.41, 5.74) is -0.0576. The zero-order chi connectivity index (χ0) is 10.7.